The Labute approximate surface area is 166 Å². The number of urea groups is 1. The molecular formula is C18H23N3O6S. The van der Waals surface area contributed by atoms with Crippen LogP contribution in [0.5, 0.6) is 0 Å². The molecule has 0 radical (unpaired) electrons. The molecule has 0 heterocycles. The minimum absolute atomic E-state index is 0.0410. The van der Waals surface area contributed by atoms with Crippen LogP contribution in [0.4, 0.5) is 10.5 Å². The van der Waals surface area contributed by atoms with Crippen molar-refractivity contribution in [2.75, 3.05) is 0 Å². The van der Waals surface area contributed by atoms with E-state index < -0.39 is 34.2 Å². The van der Waals surface area contributed by atoms with Gasteiger partial charge >= 0.3 is 12.0 Å². The highest BCUT2D eigenvalue weighted by Gasteiger charge is 2.25. The summed E-state index contributed by atoms with van der Waals surface area (Å²) in [5.74, 6) is -1.32. The van der Waals surface area contributed by atoms with Crippen molar-refractivity contribution in [1.82, 2.24) is 10.6 Å². The number of nitrogens with one attached hydrogen (secondary N) is 2. The number of nitro groups is 1. The van der Waals surface area contributed by atoms with E-state index >= 15 is 0 Å². The van der Waals surface area contributed by atoms with Crippen molar-refractivity contribution in [2.24, 2.45) is 0 Å². The maximum absolute atomic E-state index is 12.2. The third-order valence-corrected chi connectivity index (χ3v) is 5.37. The number of rotatable bonds is 7. The first-order valence-electron chi connectivity index (χ1n) is 8.99. The van der Waals surface area contributed by atoms with Crippen LogP contribution in [0, 0.1) is 10.1 Å². The number of amides is 3. The fourth-order valence-electron chi connectivity index (χ4n) is 2.73. The van der Waals surface area contributed by atoms with E-state index in [2.05, 4.69) is 10.6 Å². The zero-order chi connectivity index (χ0) is 20.7. The van der Waals surface area contributed by atoms with Gasteiger partial charge in [-0.3, -0.25) is 25.0 Å². The van der Waals surface area contributed by atoms with Crippen LogP contribution < -0.4 is 10.6 Å². The number of carbonyl (C=O) groups excluding carboxylic acids is 3. The van der Waals surface area contributed by atoms with Crippen molar-refractivity contribution in [3.8, 4) is 0 Å². The Kier molecular flexibility index (Phi) is 7.80. The summed E-state index contributed by atoms with van der Waals surface area (Å²) >= 11 is 1.15. The van der Waals surface area contributed by atoms with E-state index in [4.69, 9.17) is 4.74 Å². The molecule has 1 aliphatic carbocycles. The van der Waals surface area contributed by atoms with Crippen LogP contribution in [0.15, 0.2) is 29.2 Å². The predicted octanol–water partition coefficient (Wildman–Crippen LogP) is 2.78. The molecule has 9 nitrogen and oxygen atoms in total. The third kappa shape index (κ3) is 6.52. The highest BCUT2D eigenvalue weighted by Crippen LogP contribution is 2.26. The van der Waals surface area contributed by atoms with Gasteiger partial charge in [0, 0.05) is 23.1 Å². The number of ether oxygens (including phenoxy) is 1. The number of carbonyl (C=O) groups is 3. The minimum Gasteiger partial charge on any atom is -0.452 e. The Bertz CT molecular complexity index is 733. The Balaban J connectivity index is 1.78. The second-order valence-corrected chi connectivity index (χ2v) is 7.95. The molecule has 0 saturated heterocycles. The standard InChI is InChI=1S/C18H23N3O6S/c1-11(16(22)20-18(24)19-13-5-3-4-6-13)27-17(23)12(2)28-15-9-7-14(8-10-15)21(25)26/h7-13H,3-6H2,1-2H3,(H2,19,20,22,24)/t11-,12-/m1/s1. The maximum Gasteiger partial charge on any atom is 0.321 e. The summed E-state index contributed by atoms with van der Waals surface area (Å²) in [6, 6.07) is 5.25. The van der Waals surface area contributed by atoms with Crippen molar-refractivity contribution in [1.29, 1.82) is 0 Å². The topological polar surface area (TPSA) is 128 Å². The van der Waals surface area contributed by atoms with Gasteiger partial charge in [-0.25, -0.2) is 4.79 Å². The lowest BCUT2D eigenvalue weighted by Gasteiger charge is -2.17. The highest BCUT2D eigenvalue weighted by atomic mass is 32.2. The summed E-state index contributed by atoms with van der Waals surface area (Å²) in [6.45, 7) is 2.99. The lowest BCUT2D eigenvalue weighted by Crippen LogP contribution is -2.47. The van der Waals surface area contributed by atoms with Gasteiger partial charge in [-0.1, -0.05) is 12.8 Å². The van der Waals surface area contributed by atoms with Crippen molar-refractivity contribution in [3.05, 3.63) is 34.4 Å². The Hall–Kier alpha value is -2.62. The van der Waals surface area contributed by atoms with Crippen LogP contribution in [0.1, 0.15) is 39.5 Å². The number of non-ortho nitro benzene ring substituents is 1. The fourth-order valence-corrected chi connectivity index (χ4v) is 3.58. The maximum atomic E-state index is 12.2. The summed E-state index contributed by atoms with van der Waals surface area (Å²) in [6.07, 6.45) is 2.77. The van der Waals surface area contributed by atoms with Gasteiger partial charge in [0.05, 0.1) is 4.92 Å². The molecule has 0 aromatic heterocycles. The molecule has 0 spiro atoms. The first kappa shape index (κ1) is 21.7. The van der Waals surface area contributed by atoms with E-state index in [1.165, 1.54) is 31.2 Å². The van der Waals surface area contributed by atoms with E-state index in [1.807, 2.05) is 0 Å². The molecule has 3 amide bonds. The lowest BCUT2D eigenvalue weighted by atomic mass is 10.2. The predicted molar refractivity (Wildman–Crippen MR) is 103 cm³/mol. The molecular weight excluding hydrogens is 386 g/mol. The van der Waals surface area contributed by atoms with E-state index in [0.717, 1.165) is 37.4 Å². The Morgan fingerprint density at radius 2 is 1.79 bits per heavy atom. The van der Waals surface area contributed by atoms with Crippen LogP contribution in [-0.4, -0.2) is 40.2 Å². The largest absolute Gasteiger partial charge is 0.452 e. The number of nitro benzene ring substituents is 1. The summed E-state index contributed by atoms with van der Waals surface area (Å²) in [7, 11) is 0. The molecule has 1 saturated carbocycles. The molecule has 1 aromatic rings. The number of hydrogen-bond donors (Lipinski definition) is 2. The van der Waals surface area contributed by atoms with Gasteiger partial charge in [-0.05, 0) is 38.8 Å². The lowest BCUT2D eigenvalue weighted by molar-refractivity contribution is -0.384. The second kappa shape index (κ2) is 10.1. The summed E-state index contributed by atoms with van der Waals surface area (Å²) in [5, 5.41) is 14.9. The highest BCUT2D eigenvalue weighted by molar-refractivity contribution is 8.00. The Morgan fingerprint density at radius 3 is 2.36 bits per heavy atom. The number of benzene rings is 1. The van der Waals surface area contributed by atoms with Crippen molar-refractivity contribution in [3.63, 3.8) is 0 Å². The van der Waals surface area contributed by atoms with E-state index in [9.17, 15) is 24.5 Å². The van der Waals surface area contributed by atoms with Gasteiger partial charge in [-0.15, -0.1) is 11.8 Å². The number of hydrogen-bond acceptors (Lipinski definition) is 7. The zero-order valence-corrected chi connectivity index (χ0v) is 16.5. The number of thioether (sulfide) groups is 1. The average Bonchev–Trinajstić information content (AvgIpc) is 3.14. The molecule has 1 fully saturated rings. The van der Waals surface area contributed by atoms with E-state index in [0.29, 0.717) is 4.90 Å². The second-order valence-electron chi connectivity index (χ2n) is 6.53. The normalized spacial score (nSPS) is 16.1. The molecule has 1 aliphatic rings. The molecule has 28 heavy (non-hydrogen) atoms. The van der Waals surface area contributed by atoms with E-state index in [1.54, 1.807) is 6.92 Å². The zero-order valence-electron chi connectivity index (χ0n) is 15.7. The van der Waals surface area contributed by atoms with Crippen LogP contribution in [0.25, 0.3) is 0 Å². The number of nitrogens with zero attached hydrogens (tertiary/aromatic N) is 1. The molecule has 2 rings (SSSR count). The minimum atomic E-state index is -1.12. The van der Waals surface area contributed by atoms with Gasteiger partial charge < -0.3 is 10.1 Å². The molecule has 0 unspecified atom stereocenters. The number of esters is 1. The fraction of sp³-hybridized carbons (Fsp3) is 0.500. The first-order chi connectivity index (χ1) is 13.3. The molecule has 0 aliphatic heterocycles. The van der Waals surface area contributed by atoms with Gasteiger partial charge in [-0.2, -0.15) is 0 Å². The van der Waals surface area contributed by atoms with Crippen molar-refractivity contribution >= 4 is 35.4 Å². The van der Waals surface area contributed by atoms with Crippen LogP contribution in [0.3, 0.4) is 0 Å². The van der Waals surface area contributed by atoms with Crippen LogP contribution in [-0.2, 0) is 14.3 Å². The smallest absolute Gasteiger partial charge is 0.321 e. The number of imide groups is 1. The first-order valence-corrected chi connectivity index (χ1v) is 9.87. The SMILES string of the molecule is C[C@@H](OC(=O)[C@@H](C)Sc1ccc([N+](=O)[O-])cc1)C(=O)NC(=O)NC1CCCC1. The molecule has 0 bridgehead atoms. The molecule has 2 atom stereocenters. The average molecular weight is 409 g/mol. The summed E-state index contributed by atoms with van der Waals surface area (Å²) in [4.78, 5) is 46.8. The quantitative estimate of drug-likeness (QED) is 0.307. The van der Waals surface area contributed by atoms with Gasteiger partial charge in [0.1, 0.15) is 5.25 Å². The van der Waals surface area contributed by atoms with Crippen LogP contribution >= 0.6 is 11.8 Å². The molecule has 152 valence electrons. The van der Waals surface area contributed by atoms with Gasteiger partial charge in [0.2, 0.25) is 0 Å². The monoisotopic (exact) mass is 409 g/mol. The summed E-state index contributed by atoms with van der Waals surface area (Å²) in [5.41, 5.74) is -0.0410. The van der Waals surface area contributed by atoms with E-state index in [-0.39, 0.29) is 11.7 Å². The molecule has 2 N–H and O–H groups in total. The van der Waals surface area contributed by atoms with Crippen molar-refractivity contribution < 1.29 is 24.0 Å². The van der Waals surface area contributed by atoms with Crippen molar-refractivity contribution in [2.45, 2.75) is 61.8 Å². The summed E-state index contributed by atoms with van der Waals surface area (Å²) < 4.78 is 5.12. The van der Waals surface area contributed by atoms with Gasteiger partial charge in [0.25, 0.3) is 11.6 Å². The third-order valence-electron chi connectivity index (χ3n) is 4.28. The van der Waals surface area contributed by atoms with Crippen LogP contribution in [0.2, 0.25) is 0 Å². The molecule has 10 heteroatoms. The Morgan fingerprint density at radius 1 is 1.18 bits per heavy atom. The van der Waals surface area contributed by atoms with Gasteiger partial charge in [0.15, 0.2) is 6.10 Å². The molecule has 1 aromatic carbocycles.